The molecule has 7 heteroatoms. The van der Waals surface area contributed by atoms with Crippen molar-refractivity contribution in [1.29, 1.82) is 0 Å². The Kier molecular flexibility index (Phi) is 9.31. The van der Waals surface area contributed by atoms with Crippen LogP contribution < -0.4 is 15.4 Å². The average Bonchev–Trinajstić information content (AvgIpc) is 3.33. The van der Waals surface area contributed by atoms with E-state index in [0.717, 1.165) is 23.5 Å². The number of benzene rings is 1. The van der Waals surface area contributed by atoms with Gasteiger partial charge >= 0.3 is 0 Å². The molecular formula is C17H26F2IN3O. The van der Waals surface area contributed by atoms with Crippen LogP contribution in [-0.2, 0) is 6.54 Å². The molecule has 1 aromatic rings. The number of halogens is 3. The molecule has 0 amide bonds. The van der Waals surface area contributed by atoms with Crippen LogP contribution in [0, 0.1) is 12.8 Å². The Bertz CT molecular complexity index is 537. The molecule has 2 rings (SSSR count). The summed E-state index contributed by atoms with van der Waals surface area (Å²) in [5, 5.41) is 5.59. The highest BCUT2D eigenvalue weighted by molar-refractivity contribution is 14.0. The molecule has 1 aliphatic carbocycles. The second-order valence-electron chi connectivity index (χ2n) is 5.83. The van der Waals surface area contributed by atoms with Gasteiger partial charge in [-0.1, -0.05) is 12.1 Å². The van der Waals surface area contributed by atoms with Crippen LogP contribution in [-0.4, -0.2) is 32.1 Å². The van der Waals surface area contributed by atoms with Gasteiger partial charge in [0.2, 0.25) is 0 Å². The number of ether oxygens (including phenoxy) is 1. The molecule has 24 heavy (non-hydrogen) atoms. The zero-order valence-electron chi connectivity index (χ0n) is 14.1. The van der Waals surface area contributed by atoms with E-state index < -0.39 is 13.0 Å². The van der Waals surface area contributed by atoms with Gasteiger partial charge in [-0.3, -0.25) is 0 Å². The normalized spacial score (nSPS) is 14.3. The van der Waals surface area contributed by atoms with E-state index in [2.05, 4.69) is 15.6 Å². The topological polar surface area (TPSA) is 45.7 Å². The lowest BCUT2D eigenvalue weighted by molar-refractivity contribution is 0.152. The molecule has 1 saturated carbocycles. The van der Waals surface area contributed by atoms with Crippen LogP contribution in [0.15, 0.2) is 23.2 Å². The van der Waals surface area contributed by atoms with Crippen molar-refractivity contribution in [2.75, 3.05) is 19.7 Å². The molecule has 0 bridgehead atoms. The van der Waals surface area contributed by atoms with Crippen LogP contribution in [0.5, 0.6) is 5.75 Å². The molecule has 136 valence electrons. The highest BCUT2D eigenvalue weighted by atomic mass is 127. The fourth-order valence-corrected chi connectivity index (χ4v) is 2.10. The van der Waals surface area contributed by atoms with Crippen LogP contribution in [0.3, 0.4) is 0 Å². The van der Waals surface area contributed by atoms with Gasteiger partial charge in [0.25, 0.3) is 6.43 Å². The van der Waals surface area contributed by atoms with Crippen molar-refractivity contribution in [1.82, 2.24) is 10.6 Å². The number of nitrogens with one attached hydrogen (secondary N) is 2. The van der Waals surface area contributed by atoms with Crippen molar-refractivity contribution in [3.05, 3.63) is 29.3 Å². The Morgan fingerprint density at radius 3 is 2.71 bits per heavy atom. The molecule has 0 heterocycles. The smallest absolute Gasteiger partial charge is 0.255 e. The van der Waals surface area contributed by atoms with E-state index in [1.807, 2.05) is 32.0 Å². The quantitative estimate of drug-likeness (QED) is 0.359. The SMILES string of the molecule is CCNC(=NCc1ccc(C)cc1OCC1CC1)NCC(F)F.I. The van der Waals surface area contributed by atoms with Crippen LogP contribution >= 0.6 is 24.0 Å². The predicted octanol–water partition coefficient (Wildman–Crippen LogP) is 3.72. The first-order chi connectivity index (χ1) is 11.1. The van der Waals surface area contributed by atoms with Crippen molar-refractivity contribution in [2.45, 2.75) is 39.7 Å². The molecule has 4 nitrogen and oxygen atoms in total. The first-order valence-electron chi connectivity index (χ1n) is 8.11. The lowest BCUT2D eigenvalue weighted by atomic mass is 10.1. The second-order valence-corrected chi connectivity index (χ2v) is 5.83. The highest BCUT2D eigenvalue weighted by Crippen LogP contribution is 2.30. The summed E-state index contributed by atoms with van der Waals surface area (Å²) in [7, 11) is 0. The van der Waals surface area contributed by atoms with Crippen molar-refractivity contribution in [2.24, 2.45) is 10.9 Å². The van der Waals surface area contributed by atoms with Gasteiger partial charge in [0.15, 0.2) is 5.96 Å². The van der Waals surface area contributed by atoms with Crippen molar-refractivity contribution in [3.8, 4) is 5.75 Å². The monoisotopic (exact) mass is 453 g/mol. The summed E-state index contributed by atoms with van der Waals surface area (Å²) in [6, 6.07) is 6.00. The summed E-state index contributed by atoms with van der Waals surface area (Å²) < 4.78 is 30.6. The Morgan fingerprint density at radius 1 is 1.33 bits per heavy atom. The maximum absolute atomic E-state index is 12.3. The third-order valence-electron chi connectivity index (χ3n) is 3.57. The predicted molar refractivity (Wildman–Crippen MR) is 104 cm³/mol. The number of nitrogens with zero attached hydrogens (tertiary/aromatic N) is 1. The average molecular weight is 453 g/mol. The van der Waals surface area contributed by atoms with Crippen molar-refractivity contribution in [3.63, 3.8) is 0 Å². The van der Waals surface area contributed by atoms with Gasteiger partial charge in [0.05, 0.1) is 19.7 Å². The van der Waals surface area contributed by atoms with E-state index >= 15 is 0 Å². The first kappa shape index (κ1) is 20.9. The van der Waals surface area contributed by atoms with Gasteiger partial charge in [-0.05, 0) is 44.2 Å². The number of rotatable bonds is 8. The highest BCUT2D eigenvalue weighted by Gasteiger charge is 2.22. The number of aliphatic imine (C=N–C) groups is 1. The summed E-state index contributed by atoms with van der Waals surface area (Å²) in [4.78, 5) is 4.37. The van der Waals surface area contributed by atoms with Gasteiger partial charge in [-0.2, -0.15) is 0 Å². The van der Waals surface area contributed by atoms with Gasteiger partial charge in [0.1, 0.15) is 5.75 Å². The summed E-state index contributed by atoms with van der Waals surface area (Å²) in [5.41, 5.74) is 2.09. The Balaban J connectivity index is 0.00000288. The lowest BCUT2D eigenvalue weighted by Crippen LogP contribution is -2.39. The molecule has 0 aliphatic heterocycles. The third-order valence-corrected chi connectivity index (χ3v) is 3.57. The minimum atomic E-state index is -2.41. The van der Waals surface area contributed by atoms with E-state index in [1.165, 1.54) is 12.8 Å². The van der Waals surface area contributed by atoms with E-state index in [4.69, 9.17) is 4.74 Å². The summed E-state index contributed by atoms with van der Waals surface area (Å²) in [6.45, 7) is 5.25. The lowest BCUT2D eigenvalue weighted by Gasteiger charge is -2.13. The molecule has 0 aromatic heterocycles. The Morgan fingerprint density at radius 2 is 2.08 bits per heavy atom. The van der Waals surface area contributed by atoms with Crippen LogP contribution in [0.2, 0.25) is 0 Å². The summed E-state index contributed by atoms with van der Waals surface area (Å²) in [5.74, 6) is 1.91. The van der Waals surface area contributed by atoms with Crippen molar-refractivity contribution < 1.29 is 13.5 Å². The summed E-state index contributed by atoms with van der Waals surface area (Å²) >= 11 is 0. The first-order valence-corrected chi connectivity index (χ1v) is 8.11. The minimum absolute atomic E-state index is 0. The largest absolute Gasteiger partial charge is 0.493 e. The molecule has 0 saturated heterocycles. The van der Waals surface area contributed by atoms with Gasteiger partial charge in [-0.15, -0.1) is 24.0 Å². The maximum Gasteiger partial charge on any atom is 0.255 e. The zero-order valence-corrected chi connectivity index (χ0v) is 16.5. The van der Waals surface area contributed by atoms with E-state index in [1.54, 1.807) is 0 Å². The number of alkyl halides is 2. The van der Waals surface area contributed by atoms with E-state index in [0.29, 0.717) is 25.0 Å². The molecule has 0 spiro atoms. The standard InChI is InChI=1S/C17H25F2N3O.HI/c1-3-20-17(22-10-16(18)19)21-9-14-7-4-12(2)8-15(14)23-11-13-5-6-13;/h4,7-8,13,16H,3,5-6,9-11H2,1-2H3,(H2,20,21,22);1H. The molecule has 0 unspecified atom stereocenters. The van der Waals surface area contributed by atoms with Crippen molar-refractivity contribution >= 4 is 29.9 Å². The molecule has 0 atom stereocenters. The molecule has 1 aromatic carbocycles. The maximum atomic E-state index is 12.3. The number of guanidine groups is 1. The zero-order chi connectivity index (χ0) is 16.7. The minimum Gasteiger partial charge on any atom is -0.493 e. The number of aryl methyl sites for hydroxylation is 1. The fourth-order valence-electron chi connectivity index (χ4n) is 2.10. The summed E-state index contributed by atoms with van der Waals surface area (Å²) in [6.07, 6.45) is 0.0682. The third kappa shape index (κ3) is 7.63. The van der Waals surface area contributed by atoms with Gasteiger partial charge in [0, 0.05) is 12.1 Å². The fraction of sp³-hybridized carbons (Fsp3) is 0.588. The van der Waals surface area contributed by atoms with Crippen LogP contribution in [0.1, 0.15) is 30.9 Å². The van der Waals surface area contributed by atoms with Crippen LogP contribution in [0.4, 0.5) is 8.78 Å². The molecule has 2 N–H and O–H groups in total. The molecule has 1 aliphatic rings. The van der Waals surface area contributed by atoms with Crippen LogP contribution in [0.25, 0.3) is 0 Å². The molecule has 1 fully saturated rings. The Labute approximate surface area is 159 Å². The van der Waals surface area contributed by atoms with Gasteiger partial charge in [-0.25, -0.2) is 13.8 Å². The molecule has 0 radical (unpaired) electrons. The van der Waals surface area contributed by atoms with Gasteiger partial charge < -0.3 is 15.4 Å². The Hall–Kier alpha value is -1.12. The van der Waals surface area contributed by atoms with E-state index in [-0.39, 0.29) is 24.0 Å². The number of hydrogen-bond acceptors (Lipinski definition) is 2. The number of hydrogen-bond donors (Lipinski definition) is 2. The second kappa shape index (κ2) is 10.7. The van der Waals surface area contributed by atoms with E-state index in [9.17, 15) is 8.78 Å². The molecular weight excluding hydrogens is 427 g/mol.